The quantitative estimate of drug-likeness (QED) is 0.876. The van der Waals surface area contributed by atoms with Crippen molar-refractivity contribution in [1.82, 2.24) is 9.62 Å². The third-order valence-corrected chi connectivity index (χ3v) is 5.37. The van der Waals surface area contributed by atoms with Crippen molar-refractivity contribution in [1.29, 1.82) is 5.26 Å². The molecule has 1 aliphatic heterocycles. The lowest BCUT2D eigenvalue weighted by atomic mass is 10.2. The third kappa shape index (κ3) is 4.75. The molecule has 1 N–H and O–H groups in total. The van der Waals surface area contributed by atoms with E-state index < -0.39 is 10.0 Å². The maximum absolute atomic E-state index is 12.3. The molecule has 0 bridgehead atoms. The predicted molar refractivity (Wildman–Crippen MR) is 87.4 cm³/mol. The Morgan fingerprint density at radius 1 is 1.30 bits per heavy atom. The van der Waals surface area contributed by atoms with Gasteiger partial charge in [0.05, 0.1) is 28.7 Å². The molecule has 0 radical (unpaired) electrons. The molecule has 2 rings (SSSR count). The number of hydrogen-bond acceptors (Lipinski definition) is 5. The zero-order valence-electron chi connectivity index (χ0n) is 13.7. The fraction of sp³-hybridized carbons (Fsp3) is 0.562. The minimum Gasteiger partial charge on any atom is -0.373 e. The van der Waals surface area contributed by atoms with Crippen molar-refractivity contribution in [2.45, 2.75) is 43.9 Å². The SMILES string of the molecule is C[C@@H]1CN([C@@H](C)CNS(=O)(=O)c2ccc(C#N)cc2)C[C@@H](C)O1. The molecule has 6 nitrogen and oxygen atoms in total. The summed E-state index contributed by atoms with van der Waals surface area (Å²) < 4.78 is 33.0. The van der Waals surface area contributed by atoms with Crippen molar-refractivity contribution in [2.75, 3.05) is 19.6 Å². The lowest BCUT2D eigenvalue weighted by Crippen LogP contribution is -2.52. The fourth-order valence-corrected chi connectivity index (χ4v) is 3.85. The molecule has 0 aliphatic carbocycles. The second-order valence-electron chi connectivity index (χ2n) is 6.05. The number of hydrogen-bond donors (Lipinski definition) is 1. The van der Waals surface area contributed by atoms with E-state index in [2.05, 4.69) is 9.62 Å². The zero-order chi connectivity index (χ0) is 17.0. The molecule has 0 aromatic heterocycles. The molecule has 7 heteroatoms. The molecule has 1 heterocycles. The van der Waals surface area contributed by atoms with Crippen LogP contribution >= 0.6 is 0 Å². The minimum atomic E-state index is -3.56. The van der Waals surface area contributed by atoms with Gasteiger partial charge in [-0.05, 0) is 45.0 Å². The van der Waals surface area contributed by atoms with Gasteiger partial charge in [0.1, 0.15) is 0 Å². The second kappa shape index (κ2) is 7.41. The molecule has 0 spiro atoms. The second-order valence-corrected chi connectivity index (χ2v) is 7.82. The zero-order valence-corrected chi connectivity index (χ0v) is 14.5. The first-order chi connectivity index (χ1) is 10.8. The van der Waals surface area contributed by atoms with E-state index in [1.165, 1.54) is 24.3 Å². The number of nitrogens with one attached hydrogen (secondary N) is 1. The Morgan fingerprint density at radius 3 is 2.39 bits per heavy atom. The van der Waals surface area contributed by atoms with Gasteiger partial charge >= 0.3 is 0 Å². The summed E-state index contributed by atoms with van der Waals surface area (Å²) in [6.07, 6.45) is 0.299. The average Bonchev–Trinajstić information content (AvgIpc) is 2.52. The van der Waals surface area contributed by atoms with E-state index >= 15 is 0 Å². The molecule has 1 aromatic carbocycles. The van der Waals surface area contributed by atoms with E-state index in [1.807, 2.05) is 26.8 Å². The molecule has 0 unspecified atom stereocenters. The number of sulfonamides is 1. The normalized spacial score (nSPS) is 24.1. The lowest BCUT2D eigenvalue weighted by Gasteiger charge is -2.38. The van der Waals surface area contributed by atoms with Crippen LogP contribution in [-0.4, -0.2) is 51.2 Å². The number of ether oxygens (including phenoxy) is 1. The fourth-order valence-electron chi connectivity index (χ4n) is 2.73. The molecular weight excluding hydrogens is 314 g/mol. The van der Waals surface area contributed by atoms with Crippen molar-refractivity contribution in [3.63, 3.8) is 0 Å². The van der Waals surface area contributed by atoms with E-state index in [-0.39, 0.29) is 23.1 Å². The van der Waals surface area contributed by atoms with Crippen molar-refractivity contribution in [3.05, 3.63) is 29.8 Å². The Hall–Kier alpha value is -1.46. The molecule has 3 atom stereocenters. The largest absolute Gasteiger partial charge is 0.373 e. The number of morpholine rings is 1. The summed E-state index contributed by atoms with van der Waals surface area (Å²) in [7, 11) is -3.56. The maximum atomic E-state index is 12.3. The van der Waals surface area contributed by atoms with Gasteiger partial charge in [-0.1, -0.05) is 0 Å². The van der Waals surface area contributed by atoms with Crippen molar-refractivity contribution < 1.29 is 13.2 Å². The van der Waals surface area contributed by atoms with Gasteiger partial charge in [-0.15, -0.1) is 0 Å². The van der Waals surface area contributed by atoms with Gasteiger partial charge in [-0.2, -0.15) is 5.26 Å². The molecule has 1 fully saturated rings. The first-order valence-corrected chi connectivity index (χ1v) is 9.19. The minimum absolute atomic E-state index is 0.0805. The lowest BCUT2D eigenvalue weighted by molar-refractivity contribution is -0.0776. The average molecular weight is 337 g/mol. The van der Waals surface area contributed by atoms with Gasteiger partial charge in [-0.3, -0.25) is 4.90 Å². The highest BCUT2D eigenvalue weighted by atomic mass is 32.2. The highest BCUT2D eigenvalue weighted by molar-refractivity contribution is 7.89. The standard InChI is InChI=1S/C16H23N3O3S/c1-12(19-10-13(2)22-14(3)11-19)9-18-23(20,21)16-6-4-15(8-17)5-7-16/h4-7,12-14,18H,9-11H2,1-3H3/t12-,13+,14+/m0/s1. The van der Waals surface area contributed by atoms with Gasteiger partial charge in [0.25, 0.3) is 0 Å². The van der Waals surface area contributed by atoms with E-state index in [0.29, 0.717) is 12.1 Å². The summed E-state index contributed by atoms with van der Waals surface area (Å²) in [4.78, 5) is 2.41. The van der Waals surface area contributed by atoms with Crippen molar-refractivity contribution in [2.24, 2.45) is 0 Å². The van der Waals surface area contributed by atoms with Crippen LogP contribution in [0.2, 0.25) is 0 Å². The predicted octanol–water partition coefficient (Wildman–Crippen LogP) is 1.33. The smallest absolute Gasteiger partial charge is 0.240 e. The van der Waals surface area contributed by atoms with Crippen LogP contribution in [0.5, 0.6) is 0 Å². The van der Waals surface area contributed by atoms with E-state index in [4.69, 9.17) is 10.00 Å². The van der Waals surface area contributed by atoms with Gasteiger partial charge in [0, 0.05) is 25.7 Å². The molecule has 0 amide bonds. The molecule has 0 saturated carbocycles. The van der Waals surface area contributed by atoms with Gasteiger partial charge in [-0.25, -0.2) is 13.1 Å². The monoisotopic (exact) mass is 337 g/mol. The van der Waals surface area contributed by atoms with Crippen LogP contribution in [0.4, 0.5) is 0 Å². The number of nitriles is 1. The Morgan fingerprint density at radius 2 is 1.87 bits per heavy atom. The summed E-state index contributed by atoms with van der Waals surface area (Å²) in [5.41, 5.74) is 0.439. The van der Waals surface area contributed by atoms with Crippen LogP contribution in [0.15, 0.2) is 29.2 Å². The number of nitrogens with zero attached hydrogens (tertiary/aromatic N) is 2. The van der Waals surface area contributed by atoms with Gasteiger partial charge in [0.15, 0.2) is 0 Å². The molecular formula is C16H23N3O3S. The maximum Gasteiger partial charge on any atom is 0.240 e. The van der Waals surface area contributed by atoms with Crippen LogP contribution in [0, 0.1) is 11.3 Å². The molecule has 1 saturated heterocycles. The Bertz CT molecular complexity index is 657. The van der Waals surface area contributed by atoms with E-state index in [9.17, 15) is 8.42 Å². The first kappa shape index (κ1) is 17.9. The molecule has 1 aromatic rings. The Labute approximate surface area is 138 Å². The van der Waals surface area contributed by atoms with Crippen LogP contribution in [-0.2, 0) is 14.8 Å². The van der Waals surface area contributed by atoms with Crippen molar-refractivity contribution in [3.8, 4) is 6.07 Å². The molecule has 1 aliphatic rings. The van der Waals surface area contributed by atoms with Crippen LogP contribution < -0.4 is 4.72 Å². The summed E-state index contributed by atoms with van der Waals surface area (Å²) in [5.74, 6) is 0. The number of rotatable bonds is 5. The van der Waals surface area contributed by atoms with Crippen LogP contribution in [0.25, 0.3) is 0 Å². The topological polar surface area (TPSA) is 82.4 Å². The highest BCUT2D eigenvalue weighted by Gasteiger charge is 2.26. The highest BCUT2D eigenvalue weighted by Crippen LogP contribution is 2.14. The van der Waals surface area contributed by atoms with Gasteiger partial charge in [0.2, 0.25) is 10.0 Å². The van der Waals surface area contributed by atoms with Crippen LogP contribution in [0.1, 0.15) is 26.3 Å². The summed E-state index contributed by atoms with van der Waals surface area (Å²) in [5, 5.41) is 8.76. The van der Waals surface area contributed by atoms with Crippen LogP contribution in [0.3, 0.4) is 0 Å². The molecule has 126 valence electrons. The summed E-state index contributed by atoms with van der Waals surface area (Å²) >= 11 is 0. The van der Waals surface area contributed by atoms with Gasteiger partial charge < -0.3 is 4.74 Å². The van der Waals surface area contributed by atoms with Crippen molar-refractivity contribution >= 4 is 10.0 Å². The Kier molecular flexibility index (Phi) is 5.76. The van der Waals surface area contributed by atoms with E-state index in [0.717, 1.165) is 13.1 Å². The van der Waals surface area contributed by atoms with E-state index in [1.54, 1.807) is 0 Å². The number of benzene rings is 1. The Balaban J connectivity index is 1.96. The molecule has 23 heavy (non-hydrogen) atoms. The third-order valence-electron chi connectivity index (χ3n) is 3.93. The summed E-state index contributed by atoms with van der Waals surface area (Å²) in [6.45, 7) is 7.98. The first-order valence-electron chi connectivity index (χ1n) is 7.71. The summed E-state index contributed by atoms with van der Waals surface area (Å²) in [6, 6.07) is 7.96.